The summed E-state index contributed by atoms with van der Waals surface area (Å²) < 4.78 is 5.84. The molecular weight excluding hydrogens is 324 g/mol. The van der Waals surface area contributed by atoms with Gasteiger partial charge in [-0.05, 0) is 43.7 Å². The average molecular weight is 345 g/mol. The molecular formula is C18H21ClN4O. The van der Waals surface area contributed by atoms with E-state index in [2.05, 4.69) is 20.1 Å². The van der Waals surface area contributed by atoms with Gasteiger partial charge in [0.2, 0.25) is 5.88 Å². The van der Waals surface area contributed by atoms with Gasteiger partial charge < -0.3 is 9.64 Å². The third kappa shape index (κ3) is 3.61. The van der Waals surface area contributed by atoms with Crippen LogP contribution in [0.5, 0.6) is 5.88 Å². The predicted molar refractivity (Wildman–Crippen MR) is 93.7 cm³/mol. The largest absolute Gasteiger partial charge is 0.476 e. The number of halogens is 1. The third-order valence-electron chi connectivity index (χ3n) is 4.83. The summed E-state index contributed by atoms with van der Waals surface area (Å²) in [7, 11) is 0. The zero-order valence-electron chi connectivity index (χ0n) is 13.6. The van der Waals surface area contributed by atoms with E-state index in [0.29, 0.717) is 24.3 Å². The maximum Gasteiger partial charge on any atom is 0.233 e. The van der Waals surface area contributed by atoms with Crippen molar-refractivity contribution >= 4 is 17.3 Å². The average Bonchev–Trinajstić information content (AvgIpc) is 3.47. The number of anilines is 1. The summed E-state index contributed by atoms with van der Waals surface area (Å²) in [4.78, 5) is 6.37. The molecule has 2 aromatic rings. The van der Waals surface area contributed by atoms with E-state index < -0.39 is 0 Å². The minimum absolute atomic E-state index is 0.548. The van der Waals surface area contributed by atoms with Gasteiger partial charge in [0.05, 0.1) is 23.0 Å². The number of piperidine rings is 1. The van der Waals surface area contributed by atoms with Crippen LogP contribution in [0, 0.1) is 5.92 Å². The fourth-order valence-electron chi connectivity index (χ4n) is 3.17. The Morgan fingerprint density at radius 1 is 1.08 bits per heavy atom. The minimum atomic E-state index is 0.548. The second-order valence-corrected chi connectivity index (χ2v) is 7.05. The Kier molecular flexibility index (Phi) is 4.52. The van der Waals surface area contributed by atoms with E-state index in [1.165, 1.54) is 12.8 Å². The molecule has 5 nitrogen and oxygen atoms in total. The van der Waals surface area contributed by atoms with Crippen LogP contribution in [0.1, 0.15) is 37.3 Å². The summed E-state index contributed by atoms with van der Waals surface area (Å²) in [5.41, 5.74) is 2.18. The molecule has 24 heavy (non-hydrogen) atoms. The van der Waals surface area contributed by atoms with Crippen LogP contribution in [0.15, 0.2) is 30.6 Å². The molecule has 6 heteroatoms. The lowest BCUT2D eigenvalue weighted by Crippen LogP contribution is -2.35. The predicted octanol–water partition coefficient (Wildman–Crippen LogP) is 3.70. The van der Waals surface area contributed by atoms with E-state index >= 15 is 0 Å². The normalized spacial score (nSPS) is 18.6. The molecule has 0 spiro atoms. The summed E-state index contributed by atoms with van der Waals surface area (Å²) in [5, 5.41) is 9.17. The molecule has 1 aliphatic heterocycles. The second kappa shape index (κ2) is 6.93. The first-order valence-corrected chi connectivity index (χ1v) is 8.98. The van der Waals surface area contributed by atoms with E-state index in [4.69, 9.17) is 16.3 Å². The minimum Gasteiger partial charge on any atom is -0.476 e. The van der Waals surface area contributed by atoms with Crippen molar-refractivity contribution in [2.75, 3.05) is 24.6 Å². The summed E-state index contributed by atoms with van der Waals surface area (Å²) in [6, 6.07) is 5.98. The Hall–Kier alpha value is -1.88. The van der Waals surface area contributed by atoms with Crippen LogP contribution in [0.25, 0.3) is 0 Å². The Morgan fingerprint density at radius 3 is 2.58 bits per heavy atom. The summed E-state index contributed by atoms with van der Waals surface area (Å²) in [6.45, 7) is 2.68. The fraction of sp³-hybridized carbons (Fsp3) is 0.500. The number of nitrogens with zero attached hydrogens (tertiary/aromatic N) is 4. The second-order valence-electron chi connectivity index (χ2n) is 6.64. The molecule has 1 saturated heterocycles. The van der Waals surface area contributed by atoms with Crippen molar-refractivity contribution < 1.29 is 4.74 Å². The molecule has 0 radical (unpaired) electrons. The molecule has 2 aliphatic rings. The molecule has 3 heterocycles. The molecule has 1 aliphatic carbocycles. The first kappa shape index (κ1) is 15.6. The fourth-order valence-corrected chi connectivity index (χ4v) is 3.41. The van der Waals surface area contributed by atoms with Gasteiger partial charge in [-0.15, -0.1) is 5.10 Å². The standard InChI is InChI=1S/C18H21ClN4O/c19-15-11-20-8-5-17(15)23-9-6-13(7-10-23)12-24-18-4-3-16(21-22-18)14-1-2-14/h3-5,8,11,13-14H,1-2,6-7,9-10,12H2. The van der Waals surface area contributed by atoms with E-state index in [-0.39, 0.29) is 0 Å². The Morgan fingerprint density at radius 2 is 1.92 bits per heavy atom. The molecule has 2 aromatic heterocycles. The van der Waals surface area contributed by atoms with Crippen molar-refractivity contribution in [3.8, 4) is 5.88 Å². The van der Waals surface area contributed by atoms with Gasteiger partial charge in [-0.1, -0.05) is 11.6 Å². The number of hydrogen-bond donors (Lipinski definition) is 0. The zero-order valence-corrected chi connectivity index (χ0v) is 14.3. The van der Waals surface area contributed by atoms with Crippen LogP contribution in [0.4, 0.5) is 5.69 Å². The highest BCUT2D eigenvalue weighted by Gasteiger charge is 2.25. The number of rotatable bonds is 5. The molecule has 0 unspecified atom stereocenters. The van der Waals surface area contributed by atoms with Crippen molar-refractivity contribution in [3.63, 3.8) is 0 Å². The molecule has 0 N–H and O–H groups in total. The van der Waals surface area contributed by atoms with Crippen molar-refractivity contribution in [3.05, 3.63) is 41.3 Å². The molecule has 0 amide bonds. The highest BCUT2D eigenvalue weighted by Crippen LogP contribution is 2.38. The van der Waals surface area contributed by atoms with Crippen LogP contribution in [-0.4, -0.2) is 34.9 Å². The van der Waals surface area contributed by atoms with Crippen LogP contribution in [0.3, 0.4) is 0 Å². The monoisotopic (exact) mass is 344 g/mol. The van der Waals surface area contributed by atoms with Gasteiger partial charge in [0.25, 0.3) is 0 Å². The smallest absolute Gasteiger partial charge is 0.233 e. The number of aromatic nitrogens is 3. The molecule has 2 fully saturated rings. The Bertz CT molecular complexity index is 682. The van der Waals surface area contributed by atoms with E-state index in [1.807, 2.05) is 18.2 Å². The van der Waals surface area contributed by atoms with Gasteiger partial charge in [-0.25, -0.2) is 0 Å². The summed E-state index contributed by atoms with van der Waals surface area (Å²) in [5.74, 6) is 1.82. The van der Waals surface area contributed by atoms with Crippen LogP contribution in [0.2, 0.25) is 5.02 Å². The SMILES string of the molecule is Clc1cnccc1N1CCC(COc2ccc(C3CC3)nn2)CC1. The van der Waals surface area contributed by atoms with Crippen molar-refractivity contribution in [2.24, 2.45) is 5.92 Å². The van der Waals surface area contributed by atoms with E-state index in [9.17, 15) is 0 Å². The van der Waals surface area contributed by atoms with Gasteiger partial charge >= 0.3 is 0 Å². The zero-order chi connectivity index (χ0) is 16.4. The molecule has 4 rings (SSSR count). The van der Waals surface area contributed by atoms with E-state index in [1.54, 1.807) is 12.4 Å². The first-order valence-electron chi connectivity index (χ1n) is 8.60. The van der Waals surface area contributed by atoms with Crippen LogP contribution >= 0.6 is 11.6 Å². The summed E-state index contributed by atoms with van der Waals surface area (Å²) in [6.07, 6.45) is 8.17. The Balaban J connectivity index is 1.26. The molecule has 0 bridgehead atoms. The van der Waals surface area contributed by atoms with E-state index in [0.717, 1.165) is 42.3 Å². The molecule has 0 aromatic carbocycles. The van der Waals surface area contributed by atoms with Gasteiger partial charge in [0.1, 0.15) is 0 Å². The number of pyridine rings is 1. The van der Waals surface area contributed by atoms with Gasteiger partial charge in [-0.3, -0.25) is 4.98 Å². The number of hydrogen-bond acceptors (Lipinski definition) is 5. The topological polar surface area (TPSA) is 51.1 Å². The van der Waals surface area contributed by atoms with Gasteiger partial charge in [0, 0.05) is 37.5 Å². The van der Waals surface area contributed by atoms with Crippen molar-refractivity contribution in [1.29, 1.82) is 0 Å². The maximum atomic E-state index is 6.23. The summed E-state index contributed by atoms with van der Waals surface area (Å²) >= 11 is 6.23. The Labute approximate surface area is 147 Å². The molecule has 1 saturated carbocycles. The lowest BCUT2D eigenvalue weighted by molar-refractivity contribution is 0.214. The maximum absolute atomic E-state index is 6.23. The first-order chi connectivity index (χ1) is 11.8. The lowest BCUT2D eigenvalue weighted by atomic mass is 9.97. The van der Waals surface area contributed by atoms with Crippen molar-refractivity contribution in [1.82, 2.24) is 15.2 Å². The van der Waals surface area contributed by atoms with Gasteiger partial charge in [-0.2, -0.15) is 5.10 Å². The quantitative estimate of drug-likeness (QED) is 0.827. The van der Waals surface area contributed by atoms with Crippen LogP contribution < -0.4 is 9.64 Å². The van der Waals surface area contributed by atoms with Crippen molar-refractivity contribution in [2.45, 2.75) is 31.6 Å². The molecule has 126 valence electrons. The van der Waals surface area contributed by atoms with Gasteiger partial charge in [0.15, 0.2) is 0 Å². The molecule has 0 atom stereocenters. The third-order valence-corrected chi connectivity index (χ3v) is 5.12. The number of ether oxygens (including phenoxy) is 1. The highest BCUT2D eigenvalue weighted by molar-refractivity contribution is 6.33. The lowest BCUT2D eigenvalue weighted by Gasteiger charge is -2.33. The highest BCUT2D eigenvalue weighted by atomic mass is 35.5. The van der Waals surface area contributed by atoms with Crippen LogP contribution in [-0.2, 0) is 0 Å².